The van der Waals surface area contributed by atoms with E-state index < -0.39 is 0 Å². The minimum absolute atomic E-state index is 0. The summed E-state index contributed by atoms with van der Waals surface area (Å²) in [6.07, 6.45) is 1.32. The van der Waals surface area contributed by atoms with Crippen LogP contribution in [0, 0.1) is 0 Å². The average Bonchev–Trinajstić information content (AvgIpc) is 2.14. The minimum Gasteiger partial charge on any atom is -0.508 e. The predicted octanol–water partition coefficient (Wildman–Crippen LogP) is 2.35. The summed E-state index contributed by atoms with van der Waals surface area (Å²) in [5.74, 6) is 0.199. The summed E-state index contributed by atoms with van der Waals surface area (Å²) >= 11 is 3.26. The van der Waals surface area contributed by atoms with Crippen molar-refractivity contribution in [3.63, 3.8) is 0 Å². The van der Waals surface area contributed by atoms with Crippen molar-refractivity contribution in [1.29, 1.82) is 0 Å². The van der Waals surface area contributed by atoms with Crippen LogP contribution in [0.3, 0.4) is 0 Å². The zero-order chi connectivity index (χ0) is 10.6. The Labute approximate surface area is 104 Å². The minimum atomic E-state index is -0.213. The highest BCUT2D eigenvalue weighted by Gasteiger charge is 2.10. The van der Waals surface area contributed by atoms with Gasteiger partial charge in [0.1, 0.15) is 5.75 Å². The monoisotopic (exact) mass is 295 g/mol. The van der Waals surface area contributed by atoms with Gasteiger partial charge in [-0.1, -0.05) is 22.0 Å². The summed E-state index contributed by atoms with van der Waals surface area (Å²) in [7, 11) is 0. The molecule has 86 valence electrons. The van der Waals surface area contributed by atoms with Gasteiger partial charge in [0.2, 0.25) is 0 Å². The van der Waals surface area contributed by atoms with Crippen molar-refractivity contribution in [2.45, 2.75) is 18.9 Å². The van der Waals surface area contributed by atoms with E-state index >= 15 is 0 Å². The molecule has 0 unspecified atom stereocenters. The van der Waals surface area contributed by atoms with Crippen LogP contribution >= 0.6 is 28.3 Å². The Hall–Kier alpha value is -0.290. The molecule has 0 saturated heterocycles. The lowest BCUT2D eigenvalue weighted by Gasteiger charge is -2.12. The fourth-order valence-electron chi connectivity index (χ4n) is 1.30. The molecule has 0 radical (unpaired) electrons. The highest BCUT2D eigenvalue weighted by atomic mass is 79.9. The van der Waals surface area contributed by atoms with Gasteiger partial charge >= 0.3 is 0 Å². The largest absolute Gasteiger partial charge is 0.508 e. The molecule has 0 spiro atoms. The van der Waals surface area contributed by atoms with Crippen LogP contribution < -0.4 is 5.73 Å². The number of nitrogens with two attached hydrogens (primary N) is 1. The van der Waals surface area contributed by atoms with Crippen LogP contribution in [0.2, 0.25) is 0 Å². The van der Waals surface area contributed by atoms with E-state index in [0.717, 1.165) is 10.0 Å². The number of hydrogen-bond donors (Lipinski definition) is 3. The van der Waals surface area contributed by atoms with Crippen molar-refractivity contribution in [3.8, 4) is 5.75 Å². The van der Waals surface area contributed by atoms with Crippen molar-refractivity contribution < 1.29 is 10.2 Å². The van der Waals surface area contributed by atoms with Crippen LogP contribution in [0.5, 0.6) is 5.75 Å². The summed E-state index contributed by atoms with van der Waals surface area (Å²) in [5, 5.41) is 18.2. The number of phenols is 1. The number of phenolic OH excluding ortho intramolecular Hbond substituents is 1. The number of aliphatic hydroxyl groups excluding tert-OH is 1. The van der Waals surface area contributed by atoms with E-state index in [9.17, 15) is 5.11 Å². The lowest BCUT2D eigenvalue weighted by atomic mass is 10.0. The molecule has 4 N–H and O–H groups in total. The maximum atomic E-state index is 9.59. The number of hydrogen-bond acceptors (Lipinski definition) is 3. The third kappa shape index (κ3) is 4.38. The average molecular weight is 297 g/mol. The Morgan fingerprint density at radius 2 is 2.07 bits per heavy atom. The van der Waals surface area contributed by atoms with Crippen molar-refractivity contribution in [2.24, 2.45) is 5.73 Å². The summed E-state index contributed by atoms with van der Waals surface area (Å²) in [5.41, 5.74) is 6.57. The maximum absolute atomic E-state index is 9.59. The van der Waals surface area contributed by atoms with E-state index in [2.05, 4.69) is 15.9 Å². The first-order chi connectivity index (χ1) is 6.65. The van der Waals surface area contributed by atoms with Crippen LogP contribution in [0.1, 0.15) is 24.4 Å². The SMILES string of the molecule is Cl.N[C@H](CCCO)c1ccc(Br)cc1O. The van der Waals surface area contributed by atoms with E-state index in [0.29, 0.717) is 12.8 Å². The molecule has 1 aromatic rings. The van der Waals surface area contributed by atoms with Crippen molar-refractivity contribution in [3.05, 3.63) is 28.2 Å². The third-order valence-corrected chi connectivity index (χ3v) is 2.56. The molecule has 1 aromatic carbocycles. The molecular weight excluding hydrogens is 281 g/mol. The van der Waals surface area contributed by atoms with Crippen LogP contribution in [-0.2, 0) is 0 Å². The molecule has 0 heterocycles. The van der Waals surface area contributed by atoms with Crippen LogP contribution in [-0.4, -0.2) is 16.8 Å². The lowest BCUT2D eigenvalue weighted by molar-refractivity contribution is 0.279. The molecule has 5 heteroatoms. The summed E-state index contributed by atoms with van der Waals surface area (Å²) in [6, 6.07) is 5.04. The molecule has 0 aromatic heterocycles. The number of halogens is 2. The van der Waals surface area contributed by atoms with Gasteiger partial charge in [0.15, 0.2) is 0 Å². The fraction of sp³-hybridized carbons (Fsp3) is 0.400. The zero-order valence-corrected chi connectivity index (χ0v) is 10.6. The Bertz CT molecular complexity index is 309. The first kappa shape index (κ1) is 14.7. The van der Waals surface area contributed by atoms with Gasteiger partial charge in [-0.25, -0.2) is 0 Å². The second-order valence-corrected chi connectivity index (χ2v) is 4.09. The summed E-state index contributed by atoms with van der Waals surface area (Å²) < 4.78 is 0.827. The number of benzene rings is 1. The molecule has 1 rings (SSSR count). The van der Waals surface area contributed by atoms with Crippen LogP contribution in [0.25, 0.3) is 0 Å². The van der Waals surface area contributed by atoms with Crippen molar-refractivity contribution in [1.82, 2.24) is 0 Å². The van der Waals surface area contributed by atoms with Crippen LogP contribution in [0.15, 0.2) is 22.7 Å². The van der Waals surface area contributed by atoms with Gasteiger partial charge in [-0.2, -0.15) is 0 Å². The van der Waals surface area contributed by atoms with E-state index in [1.807, 2.05) is 6.07 Å². The van der Waals surface area contributed by atoms with E-state index in [4.69, 9.17) is 10.8 Å². The fourth-order valence-corrected chi connectivity index (χ4v) is 1.65. The highest BCUT2D eigenvalue weighted by Crippen LogP contribution is 2.28. The molecule has 0 aliphatic rings. The second kappa shape index (κ2) is 7.06. The second-order valence-electron chi connectivity index (χ2n) is 3.18. The Morgan fingerprint density at radius 3 is 2.60 bits per heavy atom. The number of aliphatic hydroxyl groups is 1. The molecule has 0 amide bonds. The molecule has 0 fully saturated rings. The third-order valence-electron chi connectivity index (χ3n) is 2.07. The molecule has 3 nitrogen and oxygen atoms in total. The standard InChI is InChI=1S/C10H14BrNO2.ClH/c11-7-3-4-8(10(14)6-7)9(12)2-1-5-13;/h3-4,6,9,13-14H,1-2,5,12H2;1H/t9-;/m1./s1. The molecule has 0 saturated carbocycles. The van der Waals surface area contributed by atoms with Gasteiger partial charge in [0, 0.05) is 22.7 Å². The molecule has 1 atom stereocenters. The van der Waals surface area contributed by atoms with Crippen molar-refractivity contribution >= 4 is 28.3 Å². The quantitative estimate of drug-likeness (QED) is 0.799. The van der Waals surface area contributed by atoms with Gasteiger partial charge in [-0.15, -0.1) is 12.4 Å². The summed E-state index contributed by atoms with van der Waals surface area (Å²) in [6.45, 7) is 0.130. The Kier molecular flexibility index (Phi) is 6.92. The first-order valence-corrected chi connectivity index (χ1v) is 5.29. The molecular formula is C10H15BrClNO2. The maximum Gasteiger partial charge on any atom is 0.121 e. The van der Waals surface area contributed by atoms with Crippen molar-refractivity contribution in [2.75, 3.05) is 6.61 Å². The Morgan fingerprint density at radius 1 is 1.40 bits per heavy atom. The van der Waals surface area contributed by atoms with Gasteiger partial charge in [0.25, 0.3) is 0 Å². The topological polar surface area (TPSA) is 66.5 Å². The Balaban J connectivity index is 0.00000196. The normalized spacial score (nSPS) is 11.9. The van der Waals surface area contributed by atoms with Crippen LogP contribution in [0.4, 0.5) is 0 Å². The predicted molar refractivity (Wildman–Crippen MR) is 66.3 cm³/mol. The smallest absolute Gasteiger partial charge is 0.121 e. The lowest BCUT2D eigenvalue weighted by Crippen LogP contribution is -2.10. The van der Waals surface area contributed by atoms with E-state index in [1.165, 1.54) is 0 Å². The van der Waals surface area contributed by atoms with E-state index in [-0.39, 0.29) is 30.8 Å². The van der Waals surface area contributed by atoms with Gasteiger partial charge in [-0.3, -0.25) is 0 Å². The van der Waals surface area contributed by atoms with Gasteiger partial charge < -0.3 is 15.9 Å². The molecule has 0 bridgehead atoms. The molecule has 15 heavy (non-hydrogen) atoms. The zero-order valence-electron chi connectivity index (χ0n) is 8.19. The van der Waals surface area contributed by atoms with E-state index in [1.54, 1.807) is 12.1 Å². The van der Waals surface area contributed by atoms with Gasteiger partial charge in [-0.05, 0) is 25.0 Å². The number of rotatable bonds is 4. The molecule has 0 aliphatic heterocycles. The highest BCUT2D eigenvalue weighted by molar-refractivity contribution is 9.10. The first-order valence-electron chi connectivity index (χ1n) is 4.50. The number of aromatic hydroxyl groups is 1. The summed E-state index contributed by atoms with van der Waals surface area (Å²) in [4.78, 5) is 0. The van der Waals surface area contributed by atoms with Gasteiger partial charge in [0.05, 0.1) is 0 Å². The molecule has 0 aliphatic carbocycles.